The molecule has 32 heavy (non-hydrogen) atoms. The van der Waals surface area contributed by atoms with Gasteiger partial charge < -0.3 is 16.0 Å². The van der Waals surface area contributed by atoms with E-state index in [0.29, 0.717) is 30.2 Å². The molecule has 1 saturated carbocycles. The lowest BCUT2D eigenvalue weighted by atomic mass is 9.64. The van der Waals surface area contributed by atoms with Crippen molar-refractivity contribution in [2.75, 3.05) is 20.6 Å². The lowest BCUT2D eigenvalue weighted by molar-refractivity contribution is -0.137. The van der Waals surface area contributed by atoms with E-state index in [9.17, 15) is 18.0 Å². The Morgan fingerprint density at radius 1 is 1.09 bits per heavy atom. The zero-order valence-electron chi connectivity index (χ0n) is 18.1. The van der Waals surface area contributed by atoms with Crippen LogP contribution in [-0.2, 0) is 18.1 Å². The molecule has 0 saturated heterocycles. The van der Waals surface area contributed by atoms with Gasteiger partial charge in [-0.2, -0.15) is 13.2 Å². The first-order chi connectivity index (χ1) is 14.8. The monoisotopic (exact) mass is 560 g/mol. The van der Waals surface area contributed by atoms with Gasteiger partial charge in [-0.1, -0.05) is 36.8 Å². The number of alkyl halides is 3. The Morgan fingerprint density at radius 3 is 2.41 bits per heavy atom. The fourth-order valence-corrected chi connectivity index (χ4v) is 3.82. The van der Waals surface area contributed by atoms with Gasteiger partial charge in [0.15, 0.2) is 5.96 Å². The van der Waals surface area contributed by atoms with Crippen LogP contribution in [0.1, 0.15) is 46.3 Å². The average molecular weight is 560 g/mol. The molecule has 2 aromatic carbocycles. The first kappa shape index (κ1) is 26.0. The molecule has 2 aromatic rings. The highest BCUT2D eigenvalue weighted by molar-refractivity contribution is 14.0. The third kappa shape index (κ3) is 6.14. The molecule has 0 radical (unpaired) electrons. The van der Waals surface area contributed by atoms with Gasteiger partial charge in [-0.25, -0.2) is 0 Å². The number of aliphatic imine (C=N–C) groups is 1. The molecule has 3 rings (SSSR count). The molecule has 1 aliphatic rings. The minimum absolute atomic E-state index is 0. The Morgan fingerprint density at radius 2 is 1.81 bits per heavy atom. The highest BCUT2D eigenvalue weighted by Crippen LogP contribution is 2.44. The van der Waals surface area contributed by atoms with Crippen LogP contribution in [0.3, 0.4) is 0 Å². The van der Waals surface area contributed by atoms with E-state index in [1.165, 1.54) is 12.1 Å². The topological polar surface area (TPSA) is 65.5 Å². The second kappa shape index (κ2) is 11.0. The van der Waals surface area contributed by atoms with Crippen molar-refractivity contribution in [3.05, 3.63) is 70.8 Å². The Balaban J connectivity index is 0.00000363. The lowest BCUT2D eigenvalue weighted by Crippen LogP contribution is -2.48. The normalized spacial score (nSPS) is 15.2. The number of rotatable bonds is 6. The van der Waals surface area contributed by atoms with Crippen LogP contribution < -0.4 is 16.0 Å². The van der Waals surface area contributed by atoms with Crippen LogP contribution in [0.4, 0.5) is 13.2 Å². The predicted molar refractivity (Wildman–Crippen MR) is 130 cm³/mol. The summed E-state index contributed by atoms with van der Waals surface area (Å²) in [6, 6.07) is 12.9. The number of nitrogens with zero attached hydrogens (tertiary/aromatic N) is 1. The molecule has 1 amide bonds. The number of carbonyl (C=O) groups excluding carboxylic acids is 1. The van der Waals surface area contributed by atoms with Crippen molar-refractivity contribution >= 4 is 35.8 Å². The van der Waals surface area contributed by atoms with Gasteiger partial charge in [0, 0.05) is 38.2 Å². The van der Waals surface area contributed by atoms with Crippen molar-refractivity contribution in [1.29, 1.82) is 0 Å². The Bertz CT molecular complexity index is 958. The van der Waals surface area contributed by atoms with Crippen LogP contribution in [0.25, 0.3) is 0 Å². The Kier molecular flexibility index (Phi) is 8.94. The van der Waals surface area contributed by atoms with Crippen molar-refractivity contribution in [1.82, 2.24) is 16.0 Å². The number of carbonyl (C=O) groups is 1. The second-order valence-corrected chi connectivity index (χ2v) is 7.77. The summed E-state index contributed by atoms with van der Waals surface area (Å²) in [5.74, 6) is 0.404. The molecule has 9 heteroatoms. The van der Waals surface area contributed by atoms with Crippen molar-refractivity contribution in [2.45, 2.75) is 37.4 Å². The van der Waals surface area contributed by atoms with Crippen LogP contribution in [-0.4, -0.2) is 32.5 Å². The summed E-state index contributed by atoms with van der Waals surface area (Å²) < 4.78 is 39.4. The fourth-order valence-electron chi connectivity index (χ4n) is 3.82. The summed E-state index contributed by atoms with van der Waals surface area (Å²) in [4.78, 5) is 16.0. The number of hydrogen-bond donors (Lipinski definition) is 3. The van der Waals surface area contributed by atoms with Crippen LogP contribution in [0.5, 0.6) is 0 Å². The van der Waals surface area contributed by atoms with Gasteiger partial charge in [-0.05, 0) is 42.2 Å². The van der Waals surface area contributed by atoms with Gasteiger partial charge in [0.2, 0.25) is 0 Å². The Labute approximate surface area is 203 Å². The standard InChI is InChI=1S/C23H27F3N4O.HI/c1-27-20(31)17-7-3-6-16(12-17)14-29-21(28-2)30-15-22(10-5-11-22)18-8-4-9-19(13-18)23(24,25)26;/h3-4,6-9,12-13H,5,10-11,14-15H2,1-2H3,(H,27,31)(H2,28,29,30);1H. The van der Waals surface area contributed by atoms with E-state index >= 15 is 0 Å². The average Bonchev–Trinajstić information content (AvgIpc) is 2.74. The van der Waals surface area contributed by atoms with Crippen molar-refractivity contribution in [3.8, 4) is 0 Å². The first-order valence-corrected chi connectivity index (χ1v) is 10.2. The van der Waals surface area contributed by atoms with Gasteiger partial charge in [0.05, 0.1) is 5.56 Å². The van der Waals surface area contributed by atoms with Crippen molar-refractivity contribution < 1.29 is 18.0 Å². The third-order valence-corrected chi connectivity index (χ3v) is 5.81. The number of hydrogen-bond acceptors (Lipinski definition) is 2. The highest BCUT2D eigenvalue weighted by Gasteiger charge is 2.40. The quantitative estimate of drug-likeness (QED) is 0.278. The van der Waals surface area contributed by atoms with E-state index in [4.69, 9.17) is 0 Å². The lowest BCUT2D eigenvalue weighted by Gasteiger charge is -2.43. The number of halogens is 4. The number of nitrogens with one attached hydrogen (secondary N) is 3. The SMILES string of the molecule is CN=C(NCc1cccc(C(=O)NC)c1)NCC1(c2cccc(C(F)(F)F)c2)CCC1.I. The zero-order valence-corrected chi connectivity index (χ0v) is 20.4. The van der Waals surface area contributed by atoms with E-state index in [-0.39, 0.29) is 35.3 Å². The summed E-state index contributed by atoms with van der Waals surface area (Å²) in [6.07, 6.45) is -1.72. The first-order valence-electron chi connectivity index (χ1n) is 10.2. The molecular weight excluding hydrogens is 532 g/mol. The predicted octanol–water partition coefficient (Wildman–Crippen LogP) is 4.47. The maximum absolute atomic E-state index is 13.1. The van der Waals surface area contributed by atoms with Gasteiger partial charge in [-0.15, -0.1) is 24.0 Å². The molecule has 1 aliphatic carbocycles. The van der Waals surface area contributed by atoms with Crippen LogP contribution in [0.2, 0.25) is 0 Å². The molecule has 0 aliphatic heterocycles. The molecule has 0 spiro atoms. The number of guanidine groups is 1. The van der Waals surface area contributed by atoms with E-state index < -0.39 is 11.7 Å². The minimum Gasteiger partial charge on any atom is -0.356 e. The molecule has 1 fully saturated rings. The summed E-state index contributed by atoms with van der Waals surface area (Å²) >= 11 is 0. The number of amides is 1. The van der Waals surface area contributed by atoms with Gasteiger partial charge in [0.1, 0.15) is 0 Å². The molecule has 5 nitrogen and oxygen atoms in total. The van der Waals surface area contributed by atoms with Gasteiger partial charge in [-0.3, -0.25) is 9.79 Å². The van der Waals surface area contributed by atoms with E-state index in [1.54, 1.807) is 32.3 Å². The molecule has 174 valence electrons. The molecule has 0 unspecified atom stereocenters. The largest absolute Gasteiger partial charge is 0.416 e. The van der Waals surface area contributed by atoms with Gasteiger partial charge in [0.25, 0.3) is 5.91 Å². The molecule has 0 atom stereocenters. The summed E-state index contributed by atoms with van der Waals surface area (Å²) in [7, 11) is 3.23. The van der Waals surface area contributed by atoms with Gasteiger partial charge >= 0.3 is 6.18 Å². The molecule has 0 bridgehead atoms. The van der Waals surface area contributed by atoms with E-state index in [0.717, 1.165) is 30.9 Å². The summed E-state index contributed by atoms with van der Waals surface area (Å²) in [6.45, 7) is 0.952. The molecular formula is C23H28F3IN4O. The van der Waals surface area contributed by atoms with Crippen LogP contribution in [0.15, 0.2) is 53.5 Å². The summed E-state index contributed by atoms with van der Waals surface area (Å²) in [5.41, 5.74) is 1.24. The maximum atomic E-state index is 13.1. The molecule has 0 aromatic heterocycles. The van der Waals surface area contributed by atoms with Crippen LogP contribution >= 0.6 is 24.0 Å². The Hall–Kier alpha value is -2.30. The molecule has 0 heterocycles. The fraction of sp³-hybridized carbons (Fsp3) is 0.391. The summed E-state index contributed by atoms with van der Waals surface area (Å²) in [5, 5.41) is 9.07. The minimum atomic E-state index is -4.35. The maximum Gasteiger partial charge on any atom is 0.416 e. The van der Waals surface area contributed by atoms with Crippen LogP contribution in [0, 0.1) is 0 Å². The third-order valence-electron chi connectivity index (χ3n) is 5.81. The number of benzene rings is 2. The zero-order chi connectivity index (χ0) is 22.5. The highest BCUT2D eigenvalue weighted by atomic mass is 127. The van der Waals surface area contributed by atoms with E-state index in [2.05, 4.69) is 20.9 Å². The smallest absolute Gasteiger partial charge is 0.356 e. The van der Waals surface area contributed by atoms with Crippen molar-refractivity contribution in [2.24, 2.45) is 4.99 Å². The van der Waals surface area contributed by atoms with Crippen molar-refractivity contribution in [3.63, 3.8) is 0 Å². The van der Waals surface area contributed by atoms with E-state index in [1.807, 2.05) is 12.1 Å². The molecule has 3 N–H and O–H groups in total. The second-order valence-electron chi connectivity index (χ2n) is 7.77.